The maximum absolute atomic E-state index is 6.29. The number of ether oxygens (including phenoxy) is 1. The van der Waals surface area contributed by atoms with Gasteiger partial charge in [0.05, 0.1) is 11.4 Å². The molecule has 10 aromatic rings. The van der Waals surface area contributed by atoms with Crippen molar-refractivity contribution >= 4 is 44.5 Å². The average Bonchev–Trinajstić information content (AvgIpc) is 3.73. The standard InChI is InChI=1S/C53H32N2O2/c1-4-16-41-34(11-1)14-9-18-43(41)51-45(36-23-27-39(28-24-36)49-32-31-38-13-3-7-21-48(38)56-49)33-46(52(55-51)44-19-10-15-35-12-2-5-17-42(35)44)37-25-29-40(30-26-37)53-54-47-20-6-8-22-50(47)57-53/h1-31,33H. The molecule has 57 heavy (non-hydrogen) atoms. The molecule has 0 saturated heterocycles. The van der Waals surface area contributed by atoms with Crippen LogP contribution in [0.3, 0.4) is 0 Å². The number of fused-ring (bicyclic) bond motifs is 4. The Morgan fingerprint density at radius 2 is 0.965 bits per heavy atom. The summed E-state index contributed by atoms with van der Waals surface area (Å²) in [6, 6.07) is 65.2. The molecular formula is C53H32N2O2. The van der Waals surface area contributed by atoms with Gasteiger partial charge in [-0.25, -0.2) is 9.97 Å². The topological polar surface area (TPSA) is 48.2 Å². The molecule has 11 rings (SSSR count). The molecular weight excluding hydrogens is 697 g/mol. The zero-order valence-corrected chi connectivity index (χ0v) is 30.7. The third-order valence-electron chi connectivity index (χ3n) is 10.8. The first-order valence-electron chi connectivity index (χ1n) is 19.1. The Labute approximate surface area is 329 Å². The number of oxazole rings is 1. The number of rotatable bonds is 6. The minimum atomic E-state index is 0.595. The fraction of sp³-hybridized carbons (Fsp3) is 0. The molecule has 0 N–H and O–H groups in total. The largest absolute Gasteiger partial charge is 0.448 e. The normalized spacial score (nSPS) is 12.1. The third-order valence-corrected chi connectivity index (χ3v) is 10.8. The third kappa shape index (κ3) is 5.80. The van der Waals surface area contributed by atoms with E-state index in [1.807, 2.05) is 54.6 Å². The maximum atomic E-state index is 6.29. The molecule has 0 saturated carbocycles. The van der Waals surface area contributed by atoms with Crippen LogP contribution in [0.25, 0.3) is 101 Å². The summed E-state index contributed by atoms with van der Waals surface area (Å²) in [4.78, 5) is 10.5. The molecule has 3 heterocycles. The van der Waals surface area contributed by atoms with Crippen LogP contribution in [0.1, 0.15) is 11.1 Å². The van der Waals surface area contributed by atoms with Crippen molar-refractivity contribution in [3.8, 4) is 62.0 Å². The molecule has 1 aliphatic heterocycles. The van der Waals surface area contributed by atoms with Gasteiger partial charge in [0.25, 0.3) is 0 Å². The van der Waals surface area contributed by atoms with E-state index in [0.29, 0.717) is 11.6 Å². The summed E-state index contributed by atoms with van der Waals surface area (Å²) in [6.45, 7) is 0. The van der Waals surface area contributed by atoms with Crippen LogP contribution in [-0.4, -0.2) is 9.97 Å². The number of nitrogens with zero attached hydrogens (tertiary/aromatic N) is 2. The van der Waals surface area contributed by atoms with E-state index < -0.39 is 0 Å². The summed E-state index contributed by atoms with van der Waals surface area (Å²) >= 11 is 0. The van der Waals surface area contributed by atoms with Crippen molar-refractivity contribution in [2.75, 3.05) is 0 Å². The number of benzene rings is 8. The summed E-state index contributed by atoms with van der Waals surface area (Å²) in [5, 5.41) is 4.62. The molecule has 0 aliphatic carbocycles. The van der Waals surface area contributed by atoms with Crippen LogP contribution in [0.5, 0.6) is 5.75 Å². The molecule has 0 radical (unpaired) electrons. The lowest BCUT2D eigenvalue weighted by molar-refractivity contribution is 0.512. The molecule has 0 amide bonds. The van der Waals surface area contributed by atoms with Crippen molar-refractivity contribution in [1.82, 2.24) is 9.97 Å². The minimum absolute atomic E-state index is 0.595. The van der Waals surface area contributed by atoms with Gasteiger partial charge in [-0.1, -0.05) is 145 Å². The van der Waals surface area contributed by atoms with E-state index in [-0.39, 0.29) is 0 Å². The van der Waals surface area contributed by atoms with Gasteiger partial charge in [0.1, 0.15) is 11.3 Å². The lowest BCUT2D eigenvalue weighted by Gasteiger charge is -2.19. The molecule has 8 aromatic carbocycles. The minimum Gasteiger partial charge on any atom is -0.448 e. The molecule has 1 aliphatic rings. The molecule has 0 bridgehead atoms. The first kappa shape index (κ1) is 32.6. The predicted molar refractivity (Wildman–Crippen MR) is 232 cm³/mol. The van der Waals surface area contributed by atoms with Gasteiger partial charge in [0.2, 0.25) is 5.89 Å². The Kier molecular flexibility index (Phi) is 7.73. The van der Waals surface area contributed by atoms with Crippen LogP contribution in [-0.2, 0) is 0 Å². The summed E-state index contributed by atoms with van der Waals surface area (Å²) in [5.74, 6) is 2.12. The van der Waals surface area contributed by atoms with Gasteiger partial charge >= 0.3 is 0 Å². The van der Waals surface area contributed by atoms with E-state index in [1.54, 1.807) is 0 Å². The van der Waals surface area contributed by atoms with E-state index in [4.69, 9.17) is 19.1 Å². The Morgan fingerprint density at radius 3 is 1.63 bits per heavy atom. The number of para-hydroxylation sites is 3. The predicted octanol–water partition coefficient (Wildman–Crippen LogP) is 13.9. The van der Waals surface area contributed by atoms with E-state index in [0.717, 1.165) is 99.9 Å². The highest BCUT2D eigenvalue weighted by atomic mass is 16.5. The molecule has 4 heteroatoms. The van der Waals surface area contributed by atoms with Gasteiger partial charge in [-0.15, -0.1) is 0 Å². The zero-order chi connectivity index (χ0) is 37.7. The highest BCUT2D eigenvalue weighted by Crippen LogP contribution is 2.44. The summed E-state index contributed by atoms with van der Waals surface area (Å²) in [6.07, 6.45) is 1.98. The van der Waals surface area contributed by atoms with E-state index in [9.17, 15) is 0 Å². The number of pyridine rings is 1. The molecule has 266 valence electrons. The number of hydrogen-bond acceptors (Lipinski definition) is 4. The van der Waals surface area contributed by atoms with Crippen molar-refractivity contribution in [3.63, 3.8) is 0 Å². The van der Waals surface area contributed by atoms with E-state index >= 15 is 0 Å². The molecule has 0 unspecified atom stereocenters. The molecule has 2 aromatic heterocycles. The van der Waals surface area contributed by atoms with Crippen LogP contribution in [0.2, 0.25) is 0 Å². The van der Waals surface area contributed by atoms with Crippen LogP contribution in [0.4, 0.5) is 0 Å². The van der Waals surface area contributed by atoms with Gasteiger partial charge in [0.15, 0.2) is 11.3 Å². The second-order valence-electron chi connectivity index (χ2n) is 14.2. The second kappa shape index (κ2) is 13.5. The van der Waals surface area contributed by atoms with E-state index in [1.165, 1.54) is 0 Å². The maximum Gasteiger partial charge on any atom is 0.227 e. The zero-order valence-electron chi connectivity index (χ0n) is 30.7. The van der Waals surface area contributed by atoms with Crippen LogP contribution in [0, 0.1) is 0 Å². The Morgan fingerprint density at radius 1 is 0.421 bits per heavy atom. The van der Waals surface area contributed by atoms with Crippen LogP contribution in [0.15, 0.2) is 198 Å². The van der Waals surface area contributed by atoms with Crippen molar-refractivity contribution in [2.45, 2.75) is 0 Å². The molecule has 0 fully saturated rings. The van der Waals surface area contributed by atoms with Crippen molar-refractivity contribution in [2.24, 2.45) is 0 Å². The summed E-state index contributed by atoms with van der Waals surface area (Å²) in [5.41, 5.74) is 15.9. The SMILES string of the molecule is C1=Cc2ccccc2OC=1c1ccc(-c2cc(-c3ccc(-c4nc5ccccc5o4)cc3)c(-c3cccc4ccccc34)nc2-c2cccc3ccccc23)cc1. The molecule has 0 spiro atoms. The Hall–Kier alpha value is -7.78. The number of aromatic nitrogens is 2. The highest BCUT2D eigenvalue weighted by Gasteiger charge is 2.21. The Bertz CT molecular complexity index is 3200. The Balaban J connectivity index is 1.13. The lowest BCUT2D eigenvalue weighted by Crippen LogP contribution is -2.00. The van der Waals surface area contributed by atoms with Crippen LogP contribution < -0.4 is 4.74 Å². The smallest absolute Gasteiger partial charge is 0.227 e. The van der Waals surface area contributed by atoms with Gasteiger partial charge in [0, 0.05) is 38.9 Å². The first-order valence-corrected chi connectivity index (χ1v) is 19.1. The van der Waals surface area contributed by atoms with Crippen molar-refractivity contribution in [3.05, 3.63) is 205 Å². The van der Waals surface area contributed by atoms with Crippen molar-refractivity contribution < 1.29 is 9.15 Å². The monoisotopic (exact) mass is 728 g/mol. The molecule has 4 nitrogen and oxygen atoms in total. The fourth-order valence-corrected chi connectivity index (χ4v) is 7.93. The van der Waals surface area contributed by atoms with Gasteiger partial charge in [-0.2, -0.15) is 0 Å². The van der Waals surface area contributed by atoms with Gasteiger partial charge in [-0.05, 0) is 87.3 Å². The summed E-state index contributed by atoms with van der Waals surface area (Å²) in [7, 11) is 0. The van der Waals surface area contributed by atoms with Gasteiger partial charge in [-0.3, -0.25) is 0 Å². The van der Waals surface area contributed by atoms with Gasteiger partial charge < -0.3 is 9.15 Å². The average molecular weight is 729 g/mol. The second-order valence-corrected chi connectivity index (χ2v) is 14.2. The van der Waals surface area contributed by atoms with Crippen LogP contribution >= 0.6 is 0 Å². The van der Waals surface area contributed by atoms with Crippen molar-refractivity contribution in [1.29, 1.82) is 0 Å². The summed E-state index contributed by atoms with van der Waals surface area (Å²) < 4.78 is 12.4. The first-order chi connectivity index (χ1) is 28.2. The fourth-order valence-electron chi connectivity index (χ4n) is 7.93. The lowest BCUT2D eigenvalue weighted by atomic mass is 9.89. The molecule has 0 atom stereocenters. The quantitative estimate of drug-likeness (QED) is 0.160. The highest BCUT2D eigenvalue weighted by molar-refractivity contribution is 6.04. The van der Waals surface area contributed by atoms with E-state index in [2.05, 4.69) is 145 Å². The number of hydrogen-bond donors (Lipinski definition) is 0.